The van der Waals surface area contributed by atoms with Crippen LogP contribution in [0.15, 0.2) is 83.4 Å². The van der Waals surface area contributed by atoms with E-state index in [0.29, 0.717) is 33.3 Å². The number of allylic oxidation sites excluding steroid dienone is 1. The normalized spacial score (nSPS) is 14.4. The minimum atomic E-state index is -0.938. The highest BCUT2D eigenvalue weighted by molar-refractivity contribution is 9.10. The van der Waals surface area contributed by atoms with Gasteiger partial charge in [-0.15, -0.1) is 6.58 Å². The van der Waals surface area contributed by atoms with E-state index in [1.807, 2.05) is 0 Å². The zero-order chi connectivity index (χ0) is 27.4. The maximum atomic E-state index is 13.3. The van der Waals surface area contributed by atoms with Gasteiger partial charge in [-0.25, -0.2) is 14.1 Å². The molecule has 11 heteroatoms. The Bertz CT molecular complexity index is 1490. The number of hydrogen-bond donors (Lipinski definition) is 1. The van der Waals surface area contributed by atoms with Gasteiger partial charge < -0.3 is 4.74 Å². The maximum Gasteiger partial charge on any atom is 0.335 e. The van der Waals surface area contributed by atoms with E-state index in [0.717, 1.165) is 17.0 Å². The predicted molar refractivity (Wildman–Crippen MR) is 141 cm³/mol. The van der Waals surface area contributed by atoms with Crippen LogP contribution in [-0.4, -0.2) is 22.8 Å². The molecule has 3 aromatic rings. The Labute approximate surface area is 224 Å². The van der Waals surface area contributed by atoms with Crippen LogP contribution in [0.5, 0.6) is 5.75 Å². The van der Waals surface area contributed by atoms with E-state index in [2.05, 4.69) is 27.8 Å². The summed E-state index contributed by atoms with van der Waals surface area (Å²) >= 11 is 3.47. The van der Waals surface area contributed by atoms with E-state index < -0.39 is 28.6 Å². The van der Waals surface area contributed by atoms with Gasteiger partial charge in [-0.1, -0.05) is 6.08 Å². The minimum Gasteiger partial charge on any atom is -0.487 e. The van der Waals surface area contributed by atoms with Crippen LogP contribution in [0.1, 0.15) is 16.7 Å². The van der Waals surface area contributed by atoms with Gasteiger partial charge in [0.25, 0.3) is 17.5 Å². The molecule has 192 valence electrons. The molecule has 9 nitrogen and oxygen atoms in total. The SMILES string of the molecule is C=CCc1cc(/C=C2\C(=O)NC(=O)N(c3ccc(F)cc3)C2=O)cc(Br)c1OCc1ccc([N+](=O)[O-])cc1. The zero-order valence-corrected chi connectivity index (χ0v) is 21.2. The van der Waals surface area contributed by atoms with Gasteiger partial charge in [0.05, 0.1) is 15.1 Å². The van der Waals surface area contributed by atoms with Gasteiger partial charge in [0.1, 0.15) is 23.7 Å². The summed E-state index contributed by atoms with van der Waals surface area (Å²) < 4.78 is 19.8. The summed E-state index contributed by atoms with van der Waals surface area (Å²) in [4.78, 5) is 49.1. The van der Waals surface area contributed by atoms with E-state index in [1.165, 1.54) is 30.3 Å². The van der Waals surface area contributed by atoms with Crippen molar-refractivity contribution in [2.24, 2.45) is 0 Å². The molecule has 1 aliphatic rings. The number of hydrogen-bond acceptors (Lipinski definition) is 6. The number of ether oxygens (including phenoxy) is 1. The third-order valence-corrected chi connectivity index (χ3v) is 6.12. The number of halogens is 2. The fourth-order valence-electron chi connectivity index (χ4n) is 3.74. The van der Waals surface area contributed by atoms with Gasteiger partial charge in [-0.3, -0.25) is 25.0 Å². The van der Waals surface area contributed by atoms with Gasteiger partial charge in [0.15, 0.2) is 0 Å². The summed E-state index contributed by atoms with van der Waals surface area (Å²) in [6.07, 6.45) is 3.40. The Hall–Kier alpha value is -4.64. The number of anilines is 1. The quantitative estimate of drug-likeness (QED) is 0.124. The number of non-ortho nitro benzene ring substituents is 1. The van der Waals surface area contributed by atoms with E-state index in [-0.39, 0.29) is 23.6 Å². The van der Waals surface area contributed by atoms with Gasteiger partial charge in [0, 0.05) is 12.1 Å². The van der Waals surface area contributed by atoms with Gasteiger partial charge in [-0.2, -0.15) is 0 Å². The molecule has 1 heterocycles. The van der Waals surface area contributed by atoms with Crippen molar-refractivity contribution in [2.45, 2.75) is 13.0 Å². The standard InChI is InChI=1S/C27H19BrFN3O6/c1-2-3-18-12-17(14-23(28)24(18)38-15-16-4-8-21(9-5-16)32(36)37)13-22-25(33)30-27(35)31(26(22)34)20-10-6-19(29)7-11-20/h2,4-14H,1,3,15H2,(H,30,33,35)/b22-13+. The number of imide groups is 2. The summed E-state index contributed by atoms with van der Waals surface area (Å²) in [6, 6.07) is 13.1. The molecule has 0 saturated carbocycles. The molecule has 0 atom stereocenters. The Balaban J connectivity index is 1.63. The summed E-state index contributed by atoms with van der Waals surface area (Å²) in [7, 11) is 0. The molecule has 4 rings (SSSR count). The minimum absolute atomic E-state index is 0.0272. The van der Waals surface area contributed by atoms with Crippen molar-refractivity contribution in [3.05, 3.63) is 116 Å². The van der Waals surface area contributed by atoms with Crippen molar-refractivity contribution >= 4 is 51.2 Å². The molecular weight excluding hydrogens is 561 g/mol. The number of nitrogens with one attached hydrogen (secondary N) is 1. The maximum absolute atomic E-state index is 13.3. The van der Waals surface area contributed by atoms with Crippen molar-refractivity contribution in [2.75, 3.05) is 4.90 Å². The highest BCUT2D eigenvalue weighted by atomic mass is 79.9. The van der Waals surface area contributed by atoms with Crippen molar-refractivity contribution in [1.29, 1.82) is 0 Å². The first-order chi connectivity index (χ1) is 18.2. The molecule has 0 spiro atoms. The van der Waals surface area contributed by atoms with Crippen LogP contribution in [0.3, 0.4) is 0 Å². The number of benzene rings is 3. The second-order valence-corrected chi connectivity index (χ2v) is 8.98. The smallest absolute Gasteiger partial charge is 0.335 e. The summed E-state index contributed by atoms with van der Waals surface area (Å²) in [6.45, 7) is 3.90. The number of carbonyl (C=O) groups excluding carboxylic acids is 3. The molecule has 1 N–H and O–H groups in total. The number of nitrogens with zero attached hydrogens (tertiary/aromatic N) is 2. The number of urea groups is 1. The lowest BCUT2D eigenvalue weighted by Crippen LogP contribution is -2.54. The molecule has 0 bridgehead atoms. The number of barbiturate groups is 1. The zero-order valence-electron chi connectivity index (χ0n) is 19.6. The summed E-state index contributed by atoms with van der Waals surface area (Å²) in [5.41, 5.74) is 1.68. The van der Waals surface area contributed by atoms with Crippen LogP contribution in [-0.2, 0) is 22.6 Å². The lowest BCUT2D eigenvalue weighted by Gasteiger charge is -2.26. The average Bonchev–Trinajstić information content (AvgIpc) is 2.87. The number of carbonyl (C=O) groups is 3. The molecule has 4 amide bonds. The lowest BCUT2D eigenvalue weighted by atomic mass is 10.0. The van der Waals surface area contributed by atoms with Crippen LogP contribution in [0.25, 0.3) is 6.08 Å². The van der Waals surface area contributed by atoms with Crippen molar-refractivity contribution in [3.63, 3.8) is 0 Å². The van der Waals surface area contributed by atoms with Crippen LogP contribution in [0.4, 0.5) is 20.6 Å². The fourth-order valence-corrected chi connectivity index (χ4v) is 4.38. The van der Waals surface area contributed by atoms with Crippen LogP contribution >= 0.6 is 15.9 Å². The van der Waals surface area contributed by atoms with Crippen LogP contribution in [0, 0.1) is 15.9 Å². The Morgan fingerprint density at radius 3 is 2.39 bits per heavy atom. The molecule has 1 saturated heterocycles. The van der Waals surface area contributed by atoms with Crippen molar-refractivity contribution in [3.8, 4) is 5.75 Å². The van der Waals surface area contributed by atoms with E-state index in [1.54, 1.807) is 30.3 Å². The molecule has 0 unspecified atom stereocenters. The largest absolute Gasteiger partial charge is 0.487 e. The Kier molecular flexibility index (Phi) is 7.77. The van der Waals surface area contributed by atoms with E-state index in [9.17, 15) is 28.9 Å². The predicted octanol–water partition coefficient (Wildman–Crippen LogP) is 5.47. The summed E-state index contributed by atoms with van der Waals surface area (Å²) in [5.74, 6) is -1.77. The first-order valence-electron chi connectivity index (χ1n) is 11.1. The molecule has 1 aliphatic heterocycles. The lowest BCUT2D eigenvalue weighted by molar-refractivity contribution is -0.384. The average molecular weight is 580 g/mol. The highest BCUT2D eigenvalue weighted by Crippen LogP contribution is 2.34. The molecule has 0 aromatic heterocycles. The van der Waals surface area contributed by atoms with E-state index in [4.69, 9.17) is 4.74 Å². The van der Waals surface area contributed by atoms with Gasteiger partial charge >= 0.3 is 6.03 Å². The third kappa shape index (κ3) is 5.68. The molecule has 3 aromatic carbocycles. The van der Waals surface area contributed by atoms with E-state index >= 15 is 0 Å². The molecule has 0 aliphatic carbocycles. The summed E-state index contributed by atoms with van der Waals surface area (Å²) in [5, 5.41) is 13.0. The second kappa shape index (κ2) is 11.2. The third-order valence-electron chi connectivity index (χ3n) is 5.53. The Morgan fingerprint density at radius 2 is 1.76 bits per heavy atom. The topological polar surface area (TPSA) is 119 Å². The molecular formula is C27H19BrFN3O6. The highest BCUT2D eigenvalue weighted by Gasteiger charge is 2.36. The van der Waals surface area contributed by atoms with Gasteiger partial charge in [0.2, 0.25) is 0 Å². The van der Waals surface area contributed by atoms with Crippen molar-refractivity contribution < 1.29 is 28.4 Å². The monoisotopic (exact) mass is 579 g/mol. The van der Waals surface area contributed by atoms with Crippen LogP contribution in [0.2, 0.25) is 0 Å². The molecule has 0 radical (unpaired) electrons. The molecule has 1 fully saturated rings. The first kappa shape index (κ1) is 26.4. The van der Waals surface area contributed by atoms with Crippen molar-refractivity contribution in [1.82, 2.24) is 5.32 Å². The molecule has 38 heavy (non-hydrogen) atoms. The number of rotatable bonds is 8. The number of nitro benzene ring substituents is 1. The van der Waals surface area contributed by atoms with Gasteiger partial charge in [-0.05, 0) is 93.6 Å². The van der Waals surface area contributed by atoms with Crippen LogP contribution < -0.4 is 15.0 Å². The number of nitro groups is 1. The fraction of sp³-hybridized carbons (Fsp3) is 0.0741. The number of amides is 4. The first-order valence-corrected chi connectivity index (χ1v) is 11.9. The Morgan fingerprint density at radius 1 is 1.08 bits per heavy atom. The second-order valence-electron chi connectivity index (χ2n) is 8.13.